The van der Waals surface area contributed by atoms with Crippen LogP contribution >= 0.6 is 0 Å². The molecule has 0 bridgehead atoms. The molecule has 0 unspecified atom stereocenters. The van der Waals surface area contributed by atoms with Crippen LogP contribution < -0.4 is 0 Å². The Bertz CT molecular complexity index is 321. The third kappa shape index (κ3) is 0.943. The molecule has 0 radical (unpaired) electrons. The predicted molar refractivity (Wildman–Crippen MR) is 54.6 cm³/mol. The second kappa shape index (κ2) is 2.62. The molecule has 2 aliphatic rings. The van der Waals surface area contributed by atoms with E-state index in [1.165, 1.54) is 18.3 Å². The molecule has 2 saturated carbocycles. The molecule has 14 heavy (non-hydrogen) atoms. The van der Waals surface area contributed by atoms with E-state index in [1.54, 1.807) is 0 Å². The molecule has 2 fully saturated rings. The van der Waals surface area contributed by atoms with Gasteiger partial charge in [0.1, 0.15) is 0 Å². The molecular weight excluding hydrogens is 176 g/mol. The highest BCUT2D eigenvalue weighted by atomic mass is 16.5. The largest absolute Gasteiger partial charge is 0.469 e. The van der Waals surface area contributed by atoms with Gasteiger partial charge in [-0.05, 0) is 31.1 Å². The summed E-state index contributed by atoms with van der Waals surface area (Å²) in [4.78, 5) is 11.6. The van der Waals surface area contributed by atoms with Gasteiger partial charge in [-0.2, -0.15) is 0 Å². The van der Waals surface area contributed by atoms with Gasteiger partial charge in [0.15, 0.2) is 0 Å². The number of rotatable bonds is 1. The van der Waals surface area contributed by atoms with Crippen LogP contribution in [-0.4, -0.2) is 13.1 Å². The first-order chi connectivity index (χ1) is 6.42. The molecule has 2 nitrogen and oxygen atoms in total. The van der Waals surface area contributed by atoms with Gasteiger partial charge >= 0.3 is 5.97 Å². The summed E-state index contributed by atoms with van der Waals surface area (Å²) in [6.45, 7) is 8.67. The van der Waals surface area contributed by atoms with E-state index in [1.807, 2.05) is 0 Å². The molecule has 2 heteroatoms. The second-order valence-corrected chi connectivity index (χ2v) is 5.28. The Labute approximate surface area is 85.3 Å². The molecule has 0 aromatic heterocycles. The molecule has 0 saturated heterocycles. The average molecular weight is 194 g/mol. The maximum atomic E-state index is 11.6. The Kier molecular flexibility index (Phi) is 1.82. The highest BCUT2D eigenvalue weighted by Gasteiger charge is 2.74. The minimum absolute atomic E-state index is 0.0481. The van der Waals surface area contributed by atoms with Gasteiger partial charge in [0.2, 0.25) is 0 Å². The minimum Gasteiger partial charge on any atom is -0.469 e. The number of fused-ring (bicyclic) bond motifs is 1. The highest BCUT2D eigenvalue weighted by molar-refractivity contribution is 5.81. The number of carbonyl (C=O) groups is 1. The lowest BCUT2D eigenvalue weighted by atomic mass is 9.77. The summed E-state index contributed by atoms with van der Waals surface area (Å²) in [6, 6.07) is 0. The zero-order valence-corrected chi connectivity index (χ0v) is 9.55. The Morgan fingerprint density at radius 3 is 2.36 bits per heavy atom. The van der Waals surface area contributed by atoms with E-state index in [0.29, 0.717) is 17.3 Å². The van der Waals surface area contributed by atoms with E-state index in [4.69, 9.17) is 4.74 Å². The van der Waals surface area contributed by atoms with Crippen molar-refractivity contribution in [3.8, 4) is 0 Å². The van der Waals surface area contributed by atoms with Crippen molar-refractivity contribution in [3.05, 3.63) is 11.1 Å². The summed E-state index contributed by atoms with van der Waals surface area (Å²) in [5, 5.41) is 0. The molecule has 0 heterocycles. The fraction of sp³-hybridized carbons (Fsp3) is 0.750. The maximum absolute atomic E-state index is 11.6. The molecule has 78 valence electrons. The van der Waals surface area contributed by atoms with Gasteiger partial charge in [-0.1, -0.05) is 25.0 Å². The molecule has 0 aromatic rings. The van der Waals surface area contributed by atoms with Crippen molar-refractivity contribution in [3.63, 3.8) is 0 Å². The Hall–Kier alpha value is -0.790. The maximum Gasteiger partial charge on any atom is 0.313 e. The summed E-state index contributed by atoms with van der Waals surface area (Å²) >= 11 is 0. The van der Waals surface area contributed by atoms with Crippen LogP contribution in [0.1, 0.15) is 27.7 Å². The van der Waals surface area contributed by atoms with Gasteiger partial charge in [-0.3, -0.25) is 4.79 Å². The van der Waals surface area contributed by atoms with Crippen LogP contribution in [0.15, 0.2) is 11.1 Å². The zero-order chi connectivity index (χ0) is 10.7. The van der Waals surface area contributed by atoms with Crippen molar-refractivity contribution in [1.29, 1.82) is 0 Å². The second-order valence-electron chi connectivity index (χ2n) is 5.28. The molecule has 2 aliphatic carbocycles. The van der Waals surface area contributed by atoms with Crippen LogP contribution in [-0.2, 0) is 9.53 Å². The van der Waals surface area contributed by atoms with Crippen LogP contribution in [0.25, 0.3) is 0 Å². The quantitative estimate of drug-likeness (QED) is 0.473. The molecular formula is C12H18O2. The van der Waals surface area contributed by atoms with E-state index >= 15 is 0 Å². The Balaban J connectivity index is 2.28. The molecule has 0 spiro atoms. The molecule has 0 N–H and O–H groups in total. The average Bonchev–Trinajstić information content (AvgIpc) is 2.44. The fourth-order valence-electron chi connectivity index (χ4n) is 3.18. The molecule has 0 amide bonds. The van der Waals surface area contributed by atoms with Gasteiger partial charge in [0, 0.05) is 0 Å². The first-order valence-corrected chi connectivity index (χ1v) is 5.18. The number of allylic oxidation sites excluding steroid dienone is 1. The van der Waals surface area contributed by atoms with Gasteiger partial charge in [-0.15, -0.1) is 0 Å². The monoisotopic (exact) mass is 194 g/mol. The van der Waals surface area contributed by atoms with Gasteiger partial charge in [0.05, 0.1) is 13.0 Å². The van der Waals surface area contributed by atoms with E-state index in [2.05, 4.69) is 27.7 Å². The van der Waals surface area contributed by atoms with Crippen molar-refractivity contribution in [2.75, 3.05) is 7.11 Å². The summed E-state index contributed by atoms with van der Waals surface area (Å²) in [5.41, 5.74) is 2.96. The van der Waals surface area contributed by atoms with Crippen LogP contribution in [0, 0.1) is 23.2 Å². The fourth-order valence-corrected chi connectivity index (χ4v) is 3.18. The van der Waals surface area contributed by atoms with Crippen molar-refractivity contribution < 1.29 is 9.53 Å². The summed E-state index contributed by atoms with van der Waals surface area (Å²) in [6.07, 6.45) is 0. The van der Waals surface area contributed by atoms with E-state index in [0.717, 1.165) is 0 Å². The van der Waals surface area contributed by atoms with Crippen LogP contribution in [0.3, 0.4) is 0 Å². The first-order valence-electron chi connectivity index (χ1n) is 5.18. The number of hydrogen-bond donors (Lipinski definition) is 0. The lowest BCUT2D eigenvalue weighted by molar-refractivity contribution is -0.146. The summed E-state index contributed by atoms with van der Waals surface area (Å²) in [5.74, 6) is 1.20. The predicted octanol–water partition coefficient (Wildman–Crippen LogP) is 2.40. The van der Waals surface area contributed by atoms with Crippen LogP contribution in [0.4, 0.5) is 0 Å². The van der Waals surface area contributed by atoms with Crippen molar-refractivity contribution in [2.24, 2.45) is 23.2 Å². The SMILES string of the molecule is COC(=O)[C@H]1C(=C(C)C)[C@@H]2[C@H]1C2(C)C. The number of ether oxygens (including phenoxy) is 1. The van der Waals surface area contributed by atoms with E-state index < -0.39 is 0 Å². The van der Waals surface area contributed by atoms with Crippen molar-refractivity contribution >= 4 is 5.97 Å². The standard InChI is InChI=1S/C12H18O2/c1-6(2)7-8(11(13)14-5)10-9(7)12(10,3)4/h8-10H,1-5H3/t8-,9+,10-/m0/s1. The third-order valence-corrected chi connectivity index (χ3v) is 3.97. The molecule has 2 rings (SSSR count). The smallest absolute Gasteiger partial charge is 0.313 e. The minimum atomic E-state index is -0.0481. The van der Waals surface area contributed by atoms with Crippen LogP contribution in [0.5, 0.6) is 0 Å². The third-order valence-electron chi connectivity index (χ3n) is 3.97. The van der Waals surface area contributed by atoms with Crippen molar-refractivity contribution in [2.45, 2.75) is 27.7 Å². The van der Waals surface area contributed by atoms with Crippen LogP contribution in [0.2, 0.25) is 0 Å². The zero-order valence-electron chi connectivity index (χ0n) is 9.55. The lowest BCUT2D eigenvalue weighted by Crippen LogP contribution is -2.30. The highest BCUT2D eigenvalue weighted by Crippen LogP contribution is 2.76. The summed E-state index contributed by atoms with van der Waals surface area (Å²) < 4.78 is 4.85. The molecule has 0 aliphatic heterocycles. The van der Waals surface area contributed by atoms with Gasteiger partial charge in [-0.25, -0.2) is 0 Å². The number of carbonyl (C=O) groups excluding carboxylic acids is 1. The topological polar surface area (TPSA) is 26.3 Å². The molecule has 3 atom stereocenters. The van der Waals surface area contributed by atoms with E-state index in [-0.39, 0.29) is 11.9 Å². The first kappa shape index (κ1) is 9.75. The Morgan fingerprint density at radius 2 is 1.93 bits per heavy atom. The number of hydrogen-bond acceptors (Lipinski definition) is 2. The summed E-state index contributed by atoms with van der Waals surface area (Å²) in [7, 11) is 1.48. The Morgan fingerprint density at radius 1 is 1.36 bits per heavy atom. The van der Waals surface area contributed by atoms with Crippen molar-refractivity contribution in [1.82, 2.24) is 0 Å². The number of methoxy groups -OCH3 is 1. The van der Waals surface area contributed by atoms with E-state index in [9.17, 15) is 4.79 Å². The normalized spacial score (nSPS) is 36.9. The van der Waals surface area contributed by atoms with Gasteiger partial charge in [0.25, 0.3) is 0 Å². The lowest BCUT2D eigenvalue weighted by Gasteiger charge is -2.28. The number of esters is 1. The van der Waals surface area contributed by atoms with Gasteiger partial charge < -0.3 is 4.74 Å². The molecule has 0 aromatic carbocycles.